The van der Waals surface area contributed by atoms with Crippen molar-refractivity contribution in [2.45, 2.75) is 51.4 Å². The zero-order chi connectivity index (χ0) is 22.5. The number of hydrogen-bond donors (Lipinski definition) is 0. The van der Waals surface area contributed by atoms with E-state index in [1.165, 1.54) is 20.2 Å². The van der Waals surface area contributed by atoms with E-state index in [0.717, 1.165) is 69.7 Å². The van der Waals surface area contributed by atoms with Crippen molar-refractivity contribution in [3.8, 4) is 0 Å². The molecule has 2 aromatic carbocycles. The van der Waals surface area contributed by atoms with Gasteiger partial charge in [0.2, 0.25) is 0 Å². The minimum absolute atomic E-state index is 0.232. The monoisotopic (exact) mass is 592 g/mol. The first-order valence-electron chi connectivity index (χ1n) is 11.2. The molecule has 2 nitrogen and oxygen atoms in total. The molecule has 4 rings (SSSR count). The lowest BCUT2D eigenvalue weighted by atomic mass is 10.0. The van der Waals surface area contributed by atoms with Crippen LogP contribution in [0, 0.1) is 0 Å². The zero-order valence-corrected chi connectivity index (χ0v) is 22.7. The van der Waals surface area contributed by atoms with Crippen LogP contribution in [0.2, 0.25) is 0 Å². The van der Waals surface area contributed by atoms with Crippen LogP contribution in [0.25, 0.3) is 29.6 Å². The average molecular weight is 594 g/mol. The molecule has 0 aliphatic heterocycles. The summed E-state index contributed by atoms with van der Waals surface area (Å²) in [7, 11) is 0. The van der Waals surface area contributed by atoms with Gasteiger partial charge >= 0.3 is 0 Å². The maximum absolute atomic E-state index is 12.9. The van der Waals surface area contributed by atoms with Crippen LogP contribution in [0.5, 0.6) is 0 Å². The molecule has 0 saturated heterocycles. The number of carbonyl (C=O) groups excluding carboxylic acids is 2. The number of ketones is 2. The van der Waals surface area contributed by atoms with E-state index in [9.17, 15) is 9.59 Å². The van der Waals surface area contributed by atoms with E-state index in [4.69, 9.17) is 0 Å². The van der Waals surface area contributed by atoms with Gasteiger partial charge < -0.3 is 0 Å². The van der Waals surface area contributed by atoms with Gasteiger partial charge in [-0.1, -0.05) is 69.0 Å². The Morgan fingerprint density at radius 2 is 1.38 bits per heavy atom. The van der Waals surface area contributed by atoms with E-state index in [-0.39, 0.29) is 11.6 Å². The third-order valence-corrected chi connectivity index (χ3v) is 9.51. The van der Waals surface area contributed by atoms with E-state index in [0.29, 0.717) is 12.8 Å². The van der Waals surface area contributed by atoms with Crippen molar-refractivity contribution in [1.29, 1.82) is 0 Å². The molecule has 4 aromatic rings. The third kappa shape index (κ3) is 5.19. The van der Waals surface area contributed by atoms with E-state index >= 15 is 0 Å². The zero-order valence-electron chi connectivity index (χ0n) is 17.9. The van der Waals surface area contributed by atoms with Gasteiger partial charge in [-0.05, 0) is 37.8 Å². The molecule has 32 heavy (non-hydrogen) atoms. The third-order valence-electron chi connectivity index (χ3n) is 5.81. The van der Waals surface area contributed by atoms with Crippen molar-refractivity contribution in [2.75, 3.05) is 10.7 Å². The van der Waals surface area contributed by atoms with E-state index < -0.39 is 0 Å². The highest BCUT2D eigenvalue weighted by molar-refractivity contribution is 9.09. The van der Waals surface area contributed by atoms with Crippen molar-refractivity contribution in [3.05, 3.63) is 47.5 Å². The normalized spacial score (nSPS) is 11.7. The molecule has 0 fully saturated rings. The van der Waals surface area contributed by atoms with Gasteiger partial charge in [0.15, 0.2) is 11.6 Å². The molecule has 6 heteroatoms. The first kappa shape index (κ1) is 24.1. The van der Waals surface area contributed by atoms with Crippen LogP contribution in [-0.2, 0) is 0 Å². The molecule has 168 valence electrons. The minimum Gasteiger partial charge on any atom is -0.294 e. The molecule has 0 aliphatic carbocycles. The second-order valence-corrected chi connectivity index (χ2v) is 11.8. The van der Waals surface area contributed by atoms with Crippen LogP contribution in [0.1, 0.15) is 72.1 Å². The number of unbranched alkanes of at least 4 members (excludes halogenated alkanes) is 4. The number of fused-ring (bicyclic) bond motifs is 5. The molecular formula is C26H26Br2O2S2. The predicted octanol–water partition coefficient (Wildman–Crippen LogP) is 9.55. The molecule has 2 aromatic heterocycles. The Hall–Kier alpha value is -1.08. The molecule has 0 aliphatic rings. The topological polar surface area (TPSA) is 34.1 Å². The molecule has 0 bridgehead atoms. The maximum atomic E-state index is 12.9. The lowest BCUT2D eigenvalue weighted by Gasteiger charge is -2.03. The Balaban J connectivity index is 1.61. The molecule has 0 N–H and O–H groups in total. The Bertz CT molecular complexity index is 1260. The van der Waals surface area contributed by atoms with Crippen molar-refractivity contribution < 1.29 is 9.59 Å². The van der Waals surface area contributed by atoms with E-state index in [1.807, 2.05) is 18.2 Å². The lowest BCUT2D eigenvalue weighted by Crippen LogP contribution is -1.99. The molecular weight excluding hydrogens is 568 g/mol. The number of benzene rings is 2. The Morgan fingerprint density at radius 1 is 0.688 bits per heavy atom. The van der Waals surface area contributed by atoms with Gasteiger partial charge in [-0.25, -0.2) is 0 Å². The predicted molar refractivity (Wildman–Crippen MR) is 148 cm³/mol. The summed E-state index contributed by atoms with van der Waals surface area (Å²) in [5, 5.41) is 4.35. The molecule has 0 spiro atoms. The van der Waals surface area contributed by atoms with Crippen molar-refractivity contribution in [2.24, 2.45) is 0 Å². The largest absolute Gasteiger partial charge is 0.294 e. The highest BCUT2D eigenvalue weighted by Crippen LogP contribution is 2.45. The van der Waals surface area contributed by atoms with E-state index in [2.05, 4.69) is 50.1 Å². The highest BCUT2D eigenvalue weighted by atomic mass is 79.9. The fraction of sp³-hybridized carbons (Fsp3) is 0.385. The Morgan fingerprint density at radius 3 is 2.09 bits per heavy atom. The van der Waals surface area contributed by atoms with Gasteiger partial charge in [-0.15, -0.1) is 22.7 Å². The SMILES string of the molecule is O=C(CCCCCBr)c1ccc2c(c1)sc1c3cccc(C(=O)CCCCCBr)c3sc21. The Labute approximate surface area is 213 Å². The quantitative estimate of drug-likeness (QED) is 0.0930. The molecule has 0 atom stereocenters. The molecule has 0 saturated carbocycles. The summed E-state index contributed by atoms with van der Waals surface area (Å²) >= 11 is 10.4. The van der Waals surface area contributed by atoms with Crippen LogP contribution >= 0.6 is 54.5 Å². The second-order valence-electron chi connectivity index (χ2n) is 8.10. The second kappa shape index (κ2) is 11.4. The number of hydrogen-bond acceptors (Lipinski definition) is 4. The standard InChI is InChI=1S/C26H26Br2O2S2/c27-14-5-1-3-10-21(29)17-12-13-19-23(16-17)31-26-20-9-7-8-18(24(20)32-25(19)26)22(30)11-4-2-6-15-28/h7-9,12-13,16H,1-6,10-11,14-15H2. The molecule has 0 amide bonds. The number of thiophene rings is 2. The summed E-state index contributed by atoms with van der Waals surface area (Å²) in [6.07, 6.45) is 7.49. The van der Waals surface area contributed by atoms with Gasteiger partial charge in [0.25, 0.3) is 0 Å². The summed E-state index contributed by atoms with van der Waals surface area (Å²) in [5.41, 5.74) is 1.67. The van der Waals surface area contributed by atoms with Gasteiger partial charge in [0, 0.05) is 54.8 Å². The van der Waals surface area contributed by atoms with Gasteiger partial charge in [0.05, 0.1) is 9.40 Å². The highest BCUT2D eigenvalue weighted by Gasteiger charge is 2.18. The summed E-state index contributed by atoms with van der Waals surface area (Å²) in [6.45, 7) is 0. The van der Waals surface area contributed by atoms with Crippen LogP contribution in [0.3, 0.4) is 0 Å². The number of rotatable bonds is 12. The summed E-state index contributed by atoms with van der Waals surface area (Å²) in [6, 6.07) is 12.2. The summed E-state index contributed by atoms with van der Waals surface area (Å²) in [4.78, 5) is 25.5. The Kier molecular flexibility index (Phi) is 8.55. The van der Waals surface area contributed by atoms with Crippen LogP contribution < -0.4 is 0 Å². The van der Waals surface area contributed by atoms with Crippen molar-refractivity contribution >= 4 is 95.7 Å². The smallest absolute Gasteiger partial charge is 0.164 e. The van der Waals surface area contributed by atoms with Crippen LogP contribution in [0.4, 0.5) is 0 Å². The number of halogens is 2. The van der Waals surface area contributed by atoms with Crippen molar-refractivity contribution in [1.82, 2.24) is 0 Å². The average Bonchev–Trinajstić information content (AvgIpc) is 3.35. The summed E-state index contributed by atoms with van der Waals surface area (Å²) < 4.78 is 4.73. The fourth-order valence-electron chi connectivity index (χ4n) is 4.07. The van der Waals surface area contributed by atoms with Crippen molar-refractivity contribution in [3.63, 3.8) is 0 Å². The molecule has 0 radical (unpaired) electrons. The number of Topliss-reactive ketones (excluding diaryl/α,β-unsaturated/α-hetero) is 2. The number of alkyl halides is 2. The molecule has 2 heterocycles. The van der Waals surface area contributed by atoms with Gasteiger partial charge in [0.1, 0.15) is 0 Å². The first-order valence-corrected chi connectivity index (χ1v) is 15.1. The minimum atomic E-state index is 0.232. The summed E-state index contributed by atoms with van der Waals surface area (Å²) in [5.74, 6) is 0.479. The maximum Gasteiger partial charge on any atom is 0.164 e. The number of carbonyl (C=O) groups is 2. The van der Waals surface area contributed by atoms with Gasteiger partial charge in [-0.3, -0.25) is 9.59 Å². The van der Waals surface area contributed by atoms with Gasteiger partial charge in [-0.2, -0.15) is 0 Å². The fourth-order valence-corrected chi connectivity index (χ4v) is 7.67. The van der Waals surface area contributed by atoms with E-state index in [1.54, 1.807) is 22.7 Å². The molecule has 0 unspecified atom stereocenters. The lowest BCUT2D eigenvalue weighted by molar-refractivity contribution is 0.0972. The first-order chi connectivity index (χ1) is 15.6. The van der Waals surface area contributed by atoms with Crippen LogP contribution in [0.15, 0.2) is 36.4 Å². The van der Waals surface area contributed by atoms with Crippen LogP contribution in [-0.4, -0.2) is 22.2 Å².